The van der Waals surface area contributed by atoms with Gasteiger partial charge in [0.25, 0.3) is 11.4 Å². The van der Waals surface area contributed by atoms with Crippen molar-refractivity contribution >= 4 is 16.9 Å². The first-order valence-electron chi connectivity index (χ1n) is 3.63. The predicted octanol–water partition coefficient (Wildman–Crippen LogP) is 1.32. The average Bonchev–Trinajstić information content (AvgIpc) is 2.17. The fourth-order valence-electron chi connectivity index (χ4n) is 1.08. The Kier molecular flexibility index (Phi) is 1.63. The molecule has 0 aliphatic heterocycles. The normalized spacial score (nSPS) is 10.2. The van der Waals surface area contributed by atoms with Gasteiger partial charge in [0.15, 0.2) is 0 Å². The van der Waals surface area contributed by atoms with Gasteiger partial charge in [0.2, 0.25) is 0 Å². The second-order valence-corrected chi connectivity index (χ2v) is 2.50. The summed E-state index contributed by atoms with van der Waals surface area (Å²) in [5.74, 6) is -0.335. The summed E-state index contributed by atoms with van der Waals surface area (Å²) in [7, 11) is 0. The lowest BCUT2D eigenvalue weighted by Gasteiger charge is -1.94. The summed E-state index contributed by atoms with van der Waals surface area (Å²) in [5, 5.41) is 2.52. The molecule has 0 aliphatic carbocycles. The van der Waals surface area contributed by atoms with E-state index >= 15 is 0 Å². The molecule has 1 heterocycles. The molecule has 5 heteroatoms. The Morgan fingerprint density at radius 3 is 2.85 bits per heavy atom. The van der Waals surface area contributed by atoms with Gasteiger partial charge in [-0.05, 0) is 17.3 Å². The van der Waals surface area contributed by atoms with Gasteiger partial charge in [-0.25, -0.2) is 4.98 Å². The summed E-state index contributed by atoms with van der Waals surface area (Å²) in [6.07, 6.45) is 0. The molecule has 1 aromatic carbocycles. The zero-order valence-electron chi connectivity index (χ0n) is 6.52. The minimum Gasteiger partial charge on any atom is -0.317 e. The SMILES string of the molecule is O=Nc1nc2ccccc2[nH]c1=O. The van der Waals surface area contributed by atoms with Gasteiger partial charge >= 0.3 is 0 Å². The molecular formula is C8H5N3O2. The molecule has 0 amide bonds. The first-order chi connectivity index (χ1) is 6.31. The molecule has 1 aromatic heterocycles. The molecule has 0 bridgehead atoms. The third-order valence-electron chi connectivity index (χ3n) is 1.67. The Morgan fingerprint density at radius 2 is 2.08 bits per heavy atom. The number of benzene rings is 1. The van der Waals surface area contributed by atoms with Crippen molar-refractivity contribution in [3.05, 3.63) is 39.5 Å². The Hall–Kier alpha value is -2.04. The highest BCUT2D eigenvalue weighted by molar-refractivity contribution is 5.74. The largest absolute Gasteiger partial charge is 0.317 e. The van der Waals surface area contributed by atoms with E-state index in [2.05, 4.69) is 15.1 Å². The maximum Gasteiger partial charge on any atom is 0.297 e. The van der Waals surface area contributed by atoms with Gasteiger partial charge in [0.1, 0.15) is 0 Å². The van der Waals surface area contributed by atoms with Crippen LogP contribution in [0.1, 0.15) is 0 Å². The summed E-state index contributed by atoms with van der Waals surface area (Å²) in [6.45, 7) is 0. The van der Waals surface area contributed by atoms with E-state index in [1.807, 2.05) is 0 Å². The monoisotopic (exact) mass is 175 g/mol. The first-order valence-corrected chi connectivity index (χ1v) is 3.63. The molecule has 5 nitrogen and oxygen atoms in total. The zero-order valence-corrected chi connectivity index (χ0v) is 6.52. The van der Waals surface area contributed by atoms with Crippen molar-refractivity contribution in [2.24, 2.45) is 5.18 Å². The number of nitroso groups, excluding NO2 is 1. The van der Waals surface area contributed by atoms with Crippen molar-refractivity contribution in [1.82, 2.24) is 9.97 Å². The van der Waals surface area contributed by atoms with Crippen molar-refractivity contribution in [3.63, 3.8) is 0 Å². The van der Waals surface area contributed by atoms with Crippen LogP contribution in [-0.2, 0) is 0 Å². The van der Waals surface area contributed by atoms with Gasteiger partial charge in [-0.1, -0.05) is 12.1 Å². The van der Waals surface area contributed by atoms with E-state index in [-0.39, 0.29) is 5.82 Å². The molecule has 2 aromatic rings. The van der Waals surface area contributed by atoms with Crippen molar-refractivity contribution in [3.8, 4) is 0 Å². The van der Waals surface area contributed by atoms with Gasteiger partial charge in [-0.15, -0.1) is 4.91 Å². The molecule has 0 saturated heterocycles. The highest BCUT2D eigenvalue weighted by Crippen LogP contribution is 2.08. The van der Waals surface area contributed by atoms with Crippen LogP contribution in [0.5, 0.6) is 0 Å². The van der Waals surface area contributed by atoms with Crippen LogP contribution in [-0.4, -0.2) is 9.97 Å². The van der Waals surface area contributed by atoms with E-state index in [0.29, 0.717) is 11.0 Å². The molecule has 0 radical (unpaired) electrons. The number of H-pyrrole nitrogens is 1. The zero-order chi connectivity index (χ0) is 9.26. The van der Waals surface area contributed by atoms with Crippen LogP contribution in [0.2, 0.25) is 0 Å². The standard InChI is InChI=1S/C8H5N3O2/c12-8-7(11-13)9-5-3-1-2-4-6(5)10-8/h1-4H,(H,10,12). The number of aromatic amines is 1. The molecule has 2 rings (SSSR count). The summed E-state index contributed by atoms with van der Waals surface area (Å²) in [6, 6.07) is 6.94. The van der Waals surface area contributed by atoms with Crippen LogP contribution in [0.3, 0.4) is 0 Å². The summed E-state index contributed by atoms with van der Waals surface area (Å²) < 4.78 is 0. The molecule has 13 heavy (non-hydrogen) atoms. The number of hydrogen-bond acceptors (Lipinski definition) is 4. The molecule has 0 aliphatic rings. The van der Waals surface area contributed by atoms with Gasteiger partial charge in [0.05, 0.1) is 11.0 Å². The highest BCUT2D eigenvalue weighted by atomic mass is 16.3. The van der Waals surface area contributed by atoms with E-state index in [1.54, 1.807) is 24.3 Å². The molecule has 0 atom stereocenters. The minimum atomic E-state index is -0.561. The van der Waals surface area contributed by atoms with Crippen molar-refractivity contribution in [2.75, 3.05) is 0 Å². The highest BCUT2D eigenvalue weighted by Gasteiger charge is 2.02. The Bertz CT molecular complexity index is 518. The third kappa shape index (κ3) is 1.20. The second kappa shape index (κ2) is 2.78. The third-order valence-corrected chi connectivity index (χ3v) is 1.67. The quantitative estimate of drug-likeness (QED) is 0.664. The molecule has 0 spiro atoms. The lowest BCUT2D eigenvalue weighted by molar-refractivity contribution is 1.18. The van der Waals surface area contributed by atoms with E-state index in [1.165, 1.54) is 0 Å². The molecular weight excluding hydrogens is 170 g/mol. The molecule has 1 N–H and O–H groups in total. The fraction of sp³-hybridized carbons (Fsp3) is 0. The van der Waals surface area contributed by atoms with Gasteiger partial charge in [0, 0.05) is 0 Å². The summed E-state index contributed by atoms with van der Waals surface area (Å²) in [5.41, 5.74) is 0.588. The van der Waals surface area contributed by atoms with Crippen LogP contribution < -0.4 is 5.56 Å². The molecule has 0 unspecified atom stereocenters. The number of para-hydroxylation sites is 2. The predicted molar refractivity (Wildman–Crippen MR) is 47.8 cm³/mol. The second-order valence-electron chi connectivity index (χ2n) is 2.50. The summed E-state index contributed by atoms with van der Waals surface area (Å²) >= 11 is 0. The maximum absolute atomic E-state index is 11.1. The number of nitrogens with one attached hydrogen (secondary N) is 1. The van der Waals surface area contributed by atoms with Crippen molar-refractivity contribution in [2.45, 2.75) is 0 Å². The van der Waals surface area contributed by atoms with Crippen molar-refractivity contribution in [1.29, 1.82) is 0 Å². The van der Waals surface area contributed by atoms with E-state index in [9.17, 15) is 9.70 Å². The number of aromatic nitrogens is 2. The van der Waals surface area contributed by atoms with Gasteiger partial charge in [-0.3, -0.25) is 4.79 Å². The fourth-order valence-corrected chi connectivity index (χ4v) is 1.08. The van der Waals surface area contributed by atoms with Crippen LogP contribution >= 0.6 is 0 Å². The lowest BCUT2D eigenvalue weighted by Crippen LogP contribution is -2.06. The number of nitrogens with zero attached hydrogens (tertiary/aromatic N) is 2. The Morgan fingerprint density at radius 1 is 1.31 bits per heavy atom. The number of rotatable bonds is 1. The lowest BCUT2D eigenvalue weighted by atomic mass is 10.3. The van der Waals surface area contributed by atoms with Crippen LogP contribution in [0.25, 0.3) is 11.0 Å². The Balaban J connectivity index is 2.89. The van der Waals surface area contributed by atoms with Crippen molar-refractivity contribution < 1.29 is 0 Å². The van der Waals surface area contributed by atoms with Gasteiger partial charge in [-0.2, -0.15) is 0 Å². The average molecular weight is 175 g/mol. The van der Waals surface area contributed by atoms with Crippen LogP contribution in [0.4, 0.5) is 5.82 Å². The van der Waals surface area contributed by atoms with Crippen LogP contribution in [0, 0.1) is 4.91 Å². The first kappa shape index (κ1) is 7.60. The number of hydrogen-bond donors (Lipinski definition) is 1. The van der Waals surface area contributed by atoms with Gasteiger partial charge < -0.3 is 4.98 Å². The molecule has 0 saturated carbocycles. The minimum absolute atomic E-state index is 0.335. The molecule has 0 fully saturated rings. The Labute approximate surface area is 72.4 Å². The van der Waals surface area contributed by atoms with E-state index in [0.717, 1.165) is 0 Å². The van der Waals surface area contributed by atoms with Crippen LogP contribution in [0.15, 0.2) is 34.2 Å². The topological polar surface area (TPSA) is 75.2 Å². The number of fused-ring (bicyclic) bond motifs is 1. The van der Waals surface area contributed by atoms with E-state index < -0.39 is 5.56 Å². The smallest absolute Gasteiger partial charge is 0.297 e. The summed E-state index contributed by atoms with van der Waals surface area (Å²) in [4.78, 5) is 27.5. The maximum atomic E-state index is 11.1. The van der Waals surface area contributed by atoms with E-state index in [4.69, 9.17) is 0 Å². The molecule has 64 valence electrons.